The summed E-state index contributed by atoms with van der Waals surface area (Å²) in [6.45, 7) is 0.720. The summed E-state index contributed by atoms with van der Waals surface area (Å²) in [6, 6.07) is 6.10. The lowest BCUT2D eigenvalue weighted by Gasteiger charge is -1.95. The van der Waals surface area contributed by atoms with Gasteiger partial charge in [-0.2, -0.15) is 10.4 Å². The third-order valence-electron chi connectivity index (χ3n) is 1.71. The van der Waals surface area contributed by atoms with Crippen molar-refractivity contribution in [3.05, 3.63) is 38.8 Å². The quantitative estimate of drug-likeness (QED) is 0.840. The summed E-state index contributed by atoms with van der Waals surface area (Å²) in [6.07, 6.45) is 3.32. The molecular formula is C9H6BrN3S. The van der Waals surface area contributed by atoms with Crippen LogP contribution in [0.2, 0.25) is 0 Å². The van der Waals surface area contributed by atoms with Crippen LogP contribution in [0.15, 0.2) is 28.3 Å². The van der Waals surface area contributed by atoms with Gasteiger partial charge in [0.25, 0.3) is 0 Å². The normalized spacial score (nSPS) is 10.0. The van der Waals surface area contributed by atoms with Crippen molar-refractivity contribution in [1.29, 1.82) is 5.26 Å². The van der Waals surface area contributed by atoms with Gasteiger partial charge in [0.05, 0.1) is 22.1 Å². The Bertz CT molecular complexity index is 480. The van der Waals surface area contributed by atoms with Crippen LogP contribution in [0.1, 0.15) is 10.4 Å². The number of nitrogens with zero attached hydrogens (tertiary/aromatic N) is 3. The van der Waals surface area contributed by atoms with Crippen molar-refractivity contribution in [2.45, 2.75) is 6.54 Å². The number of hydrogen-bond acceptors (Lipinski definition) is 3. The third kappa shape index (κ3) is 2.03. The zero-order valence-electron chi connectivity index (χ0n) is 7.14. The van der Waals surface area contributed by atoms with E-state index in [1.165, 1.54) is 4.88 Å². The Morgan fingerprint density at radius 2 is 2.43 bits per heavy atom. The average Bonchev–Trinajstić information content (AvgIpc) is 2.76. The molecule has 0 saturated carbocycles. The molecule has 5 heteroatoms. The summed E-state index contributed by atoms with van der Waals surface area (Å²) in [5, 5.41) is 12.7. The molecule has 0 atom stereocenters. The fourth-order valence-corrected chi connectivity index (χ4v) is 2.58. The molecule has 0 aliphatic carbocycles. The second-order valence-corrected chi connectivity index (χ2v) is 5.29. The largest absolute Gasteiger partial charge is 0.266 e. The van der Waals surface area contributed by atoms with E-state index in [1.54, 1.807) is 28.4 Å². The lowest BCUT2D eigenvalue weighted by Crippen LogP contribution is -1.97. The van der Waals surface area contributed by atoms with Gasteiger partial charge in [0.15, 0.2) is 0 Å². The summed E-state index contributed by atoms with van der Waals surface area (Å²) < 4.78 is 2.87. The molecule has 2 heterocycles. The van der Waals surface area contributed by atoms with E-state index in [4.69, 9.17) is 5.26 Å². The van der Waals surface area contributed by atoms with Crippen molar-refractivity contribution >= 4 is 27.3 Å². The fourth-order valence-electron chi connectivity index (χ4n) is 1.10. The minimum absolute atomic E-state index is 0.598. The summed E-state index contributed by atoms with van der Waals surface area (Å²) in [7, 11) is 0. The molecule has 0 aliphatic rings. The molecule has 0 saturated heterocycles. The Kier molecular flexibility index (Phi) is 2.66. The molecule has 0 bridgehead atoms. The molecule has 70 valence electrons. The predicted octanol–water partition coefficient (Wildman–Crippen LogP) is 2.63. The second kappa shape index (κ2) is 3.95. The van der Waals surface area contributed by atoms with Crippen LogP contribution >= 0.6 is 27.3 Å². The van der Waals surface area contributed by atoms with E-state index in [0.717, 1.165) is 10.3 Å². The van der Waals surface area contributed by atoms with Gasteiger partial charge in [-0.3, -0.25) is 4.68 Å². The molecule has 0 fully saturated rings. The Morgan fingerprint density at radius 1 is 1.57 bits per heavy atom. The highest BCUT2D eigenvalue weighted by Gasteiger charge is 2.00. The van der Waals surface area contributed by atoms with Crippen molar-refractivity contribution in [2.75, 3.05) is 0 Å². The predicted molar refractivity (Wildman–Crippen MR) is 58.1 cm³/mol. The van der Waals surface area contributed by atoms with Crippen LogP contribution in [0.25, 0.3) is 0 Å². The molecule has 0 spiro atoms. The number of hydrogen-bond donors (Lipinski definition) is 0. The first-order chi connectivity index (χ1) is 6.78. The van der Waals surface area contributed by atoms with Crippen molar-refractivity contribution in [3.8, 4) is 6.07 Å². The maximum atomic E-state index is 8.61. The zero-order chi connectivity index (χ0) is 9.97. The highest BCUT2D eigenvalue weighted by Crippen LogP contribution is 2.22. The molecule has 0 radical (unpaired) electrons. The summed E-state index contributed by atoms with van der Waals surface area (Å²) in [4.78, 5) is 1.21. The molecule has 3 nitrogen and oxygen atoms in total. The van der Waals surface area contributed by atoms with E-state index in [1.807, 2.05) is 18.2 Å². The van der Waals surface area contributed by atoms with E-state index in [2.05, 4.69) is 21.0 Å². The highest BCUT2D eigenvalue weighted by atomic mass is 79.9. The number of rotatable bonds is 2. The van der Waals surface area contributed by atoms with Gasteiger partial charge >= 0.3 is 0 Å². The van der Waals surface area contributed by atoms with E-state index < -0.39 is 0 Å². The Labute approximate surface area is 93.7 Å². The van der Waals surface area contributed by atoms with Crippen molar-refractivity contribution in [2.24, 2.45) is 0 Å². The van der Waals surface area contributed by atoms with Gasteiger partial charge in [-0.05, 0) is 28.1 Å². The van der Waals surface area contributed by atoms with Gasteiger partial charge in [-0.1, -0.05) is 0 Å². The van der Waals surface area contributed by atoms with E-state index >= 15 is 0 Å². The molecular weight excluding hydrogens is 262 g/mol. The SMILES string of the molecule is N#Cc1cnn(Cc2ccc(Br)s2)c1. The Balaban J connectivity index is 2.15. The van der Waals surface area contributed by atoms with Crippen LogP contribution in [0, 0.1) is 11.3 Å². The van der Waals surface area contributed by atoms with Crippen LogP contribution in [0.4, 0.5) is 0 Å². The topological polar surface area (TPSA) is 41.6 Å². The molecule has 2 rings (SSSR count). The van der Waals surface area contributed by atoms with E-state index in [9.17, 15) is 0 Å². The first-order valence-corrected chi connectivity index (χ1v) is 5.55. The van der Waals surface area contributed by atoms with Gasteiger partial charge < -0.3 is 0 Å². The number of thiophene rings is 1. The smallest absolute Gasteiger partial charge is 0.102 e. The first-order valence-electron chi connectivity index (χ1n) is 3.95. The lowest BCUT2D eigenvalue weighted by molar-refractivity contribution is 0.694. The van der Waals surface area contributed by atoms with Gasteiger partial charge in [0.2, 0.25) is 0 Å². The van der Waals surface area contributed by atoms with Crippen molar-refractivity contribution in [1.82, 2.24) is 9.78 Å². The van der Waals surface area contributed by atoms with Crippen LogP contribution < -0.4 is 0 Å². The summed E-state index contributed by atoms with van der Waals surface area (Å²) in [5.41, 5.74) is 0.598. The minimum Gasteiger partial charge on any atom is -0.266 e. The van der Waals surface area contributed by atoms with Gasteiger partial charge in [-0.25, -0.2) is 0 Å². The van der Waals surface area contributed by atoms with Gasteiger partial charge in [0.1, 0.15) is 6.07 Å². The van der Waals surface area contributed by atoms with Crippen molar-refractivity contribution < 1.29 is 0 Å². The minimum atomic E-state index is 0.598. The second-order valence-electron chi connectivity index (χ2n) is 2.74. The Morgan fingerprint density at radius 3 is 3.00 bits per heavy atom. The first kappa shape index (κ1) is 9.44. The molecule has 0 aromatic carbocycles. The van der Waals surface area contributed by atoms with Crippen molar-refractivity contribution in [3.63, 3.8) is 0 Å². The summed E-state index contributed by atoms with van der Waals surface area (Å²) in [5.74, 6) is 0. The summed E-state index contributed by atoms with van der Waals surface area (Å²) >= 11 is 5.07. The van der Waals surface area contributed by atoms with Crippen LogP contribution in [0.5, 0.6) is 0 Å². The zero-order valence-corrected chi connectivity index (χ0v) is 9.55. The fraction of sp³-hybridized carbons (Fsp3) is 0.111. The molecule has 14 heavy (non-hydrogen) atoms. The molecule has 2 aromatic heterocycles. The molecule has 0 unspecified atom stereocenters. The maximum Gasteiger partial charge on any atom is 0.102 e. The van der Waals surface area contributed by atoms with Gasteiger partial charge in [0, 0.05) is 11.1 Å². The van der Waals surface area contributed by atoms with Crippen LogP contribution in [-0.2, 0) is 6.54 Å². The number of aromatic nitrogens is 2. The van der Waals surface area contributed by atoms with Crippen LogP contribution in [-0.4, -0.2) is 9.78 Å². The standard InChI is InChI=1S/C9H6BrN3S/c10-9-2-1-8(14-9)6-13-5-7(3-11)4-12-13/h1-2,4-5H,6H2. The van der Waals surface area contributed by atoms with Crippen LogP contribution in [0.3, 0.4) is 0 Å². The van der Waals surface area contributed by atoms with Gasteiger partial charge in [-0.15, -0.1) is 11.3 Å². The number of nitriles is 1. The average molecular weight is 268 g/mol. The van der Waals surface area contributed by atoms with E-state index in [0.29, 0.717) is 5.56 Å². The number of halogens is 1. The lowest BCUT2D eigenvalue weighted by atomic mass is 10.4. The van der Waals surface area contributed by atoms with E-state index in [-0.39, 0.29) is 0 Å². The monoisotopic (exact) mass is 267 g/mol. The Hall–Kier alpha value is -1.12. The highest BCUT2D eigenvalue weighted by molar-refractivity contribution is 9.11. The molecule has 0 amide bonds. The third-order valence-corrected chi connectivity index (χ3v) is 3.32. The molecule has 2 aromatic rings. The molecule has 0 aliphatic heterocycles. The molecule has 0 N–H and O–H groups in total. The maximum absolute atomic E-state index is 8.61.